The van der Waals surface area contributed by atoms with Gasteiger partial charge in [-0.3, -0.25) is 4.79 Å². The molecule has 0 aliphatic carbocycles. The van der Waals surface area contributed by atoms with Crippen molar-refractivity contribution in [2.75, 3.05) is 13.1 Å². The Morgan fingerprint density at radius 3 is 2.37 bits per heavy atom. The molecule has 1 heterocycles. The molecule has 35 heavy (non-hydrogen) atoms. The fourth-order valence-electron chi connectivity index (χ4n) is 4.46. The smallest absolute Gasteiger partial charge is 0.222 e. The Balaban J connectivity index is 1.68. The molecule has 4 nitrogen and oxygen atoms in total. The number of hydrogen-bond acceptors (Lipinski definition) is 3. The summed E-state index contributed by atoms with van der Waals surface area (Å²) in [4.78, 5) is 14.5. The summed E-state index contributed by atoms with van der Waals surface area (Å²) in [6.45, 7) is 3.60. The Kier molecular flexibility index (Phi) is 8.74. The van der Waals surface area contributed by atoms with Crippen LogP contribution in [0.1, 0.15) is 36.5 Å². The van der Waals surface area contributed by atoms with Gasteiger partial charge in [0.1, 0.15) is 11.7 Å². The molecular weight excluding hydrogens is 505 g/mol. The van der Waals surface area contributed by atoms with Crippen LogP contribution in [0.15, 0.2) is 72.8 Å². The van der Waals surface area contributed by atoms with E-state index >= 15 is 0 Å². The van der Waals surface area contributed by atoms with E-state index in [4.69, 9.17) is 44.3 Å². The zero-order valence-corrected chi connectivity index (χ0v) is 21.8. The van der Waals surface area contributed by atoms with Gasteiger partial charge < -0.3 is 14.4 Å². The molecule has 2 atom stereocenters. The van der Waals surface area contributed by atoms with Crippen LogP contribution in [-0.4, -0.2) is 30.0 Å². The summed E-state index contributed by atoms with van der Waals surface area (Å²) < 4.78 is 13.3. The third-order valence-electron chi connectivity index (χ3n) is 6.42. The van der Waals surface area contributed by atoms with E-state index in [1.165, 1.54) is 0 Å². The molecule has 0 saturated carbocycles. The lowest BCUT2D eigenvalue weighted by atomic mass is 9.81. The lowest BCUT2D eigenvalue weighted by molar-refractivity contribution is -0.195. The molecule has 3 aromatic rings. The Hall–Kier alpha value is -2.08. The fourth-order valence-corrected chi connectivity index (χ4v) is 4.91. The number of ether oxygens (including phenoxy) is 2. The van der Waals surface area contributed by atoms with E-state index in [1.807, 2.05) is 72.5 Å². The zero-order chi connectivity index (χ0) is 24.8. The second-order valence-electron chi connectivity index (χ2n) is 8.66. The van der Waals surface area contributed by atoms with Crippen molar-refractivity contribution in [3.8, 4) is 0 Å². The Morgan fingerprint density at radius 2 is 1.69 bits per heavy atom. The molecule has 0 spiro atoms. The molecule has 1 amide bonds. The quantitative estimate of drug-likeness (QED) is 0.306. The summed E-state index contributed by atoms with van der Waals surface area (Å²) in [5.74, 6) is 0.0981. The van der Waals surface area contributed by atoms with E-state index in [9.17, 15) is 4.79 Å². The summed E-state index contributed by atoms with van der Waals surface area (Å²) in [7, 11) is 0. The number of rotatable bonds is 8. The molecule has 0 aromatic heterocycles. The average molecular weight is 533 g/mol. The molecule has 1 aliphatic rings. The number of halogens is 3. The highest BCUT2D eigenvalue weighted by atomic mass is 35.5. The molecule has 2 unspecified atom stereocenters. The van der Waals surface area contributed by atoms with Crippen LogP contribution in [0.25, 0.3) is 0 Å². The van der Waals surface area contributed by atoms with Gasteiger partial charge in [0.05, 0.1) is 29.8 Å². The van der Waals surface area contributed by atoms with Crippen LogP contribution in [0.3, 0.4) is 0 Å². The molecule has 3 aromatic carbocycles. The maximum Gasteiger partial charge on any atom is 0.222 e. The van der Waals surface area contributed by atoms with E-state index in [0.717, 1.165) is 16.7 Å². The molecule has 0 radical (unpaired) electrons. The number of piperidine rings is 1. The number of amides is 1. The van der Waals surface area contributed by atoms with E-state index in [0.29, 0.717) is 54.2 Å². The molecular formula is C28H28Cl3NO3. The Morgan fingerprint density at radius 1 is 0.943 bits per heavy atom. The topological polar surface area (TPSA) is 38.8 Å². The van der Waals surface area contributed by atoms with Gasteiger partial charge in [0.2, 0.25) is 5.91 Å². The maximum atomic E-state index is 12.6. The predicted molar refractivity (Wildman–Crippen MR) is 141 cm³/mol. The van der Waals surface area contributed by atoms with Gasteiger partial charge in [-0.2, -0.15) is 0 Å². The highest BCUT2D eigenvalue weighted by molar-refractivity contribution is 6.42. The lowest BCUT2D eigenvalue weighted by Gasteiger charge is -2.47. The monoisotopic (exact) mass is 531 g/mol. The number of benzene rings is 3. The first-order chi connectivity index (χ1) is 16.9. The minimum Gasteiger partial charge on any atom is -0.368 e. The molecule has 0 N–H and O–H groups in total. The van der Waals surface area contributed by atoms with Gasteiger partial charge in [-0.15, -0.1) is 0 Å². The van der Waals surface area contributed by atoms with Crippen molar-refractivity contribution < 1.29 is 14.3 Å². The third-order valence-corrected chi connectivity index (χ3v) is 7.41. The van der Waals surface area contributed by atoms with Gasteiger partial charge >= 0.3 is 0 Å². The van der Waals surface area contributed by atoms with Gasteiger partial charge in [0.15, 0.2) is 0 Å². The van der Waals surface area contributed by atoms with E-state index in [2.05, 4.69) is 0 Å². The van der Waals surface area contributed by atoms with Crippen molar-refractivity contribution in [3.63, 3.8) is 0 Å². The first-order valence-electron chi connectivity index (χ1n) is 11.7. The van der Waals surface area contributed by atoms with Gasteiger partial charge in [-0.1, -0.05) is 90.3 Å². The minimum atomic E-state index is -0.763. The molecule has 1 aliphatic heterocycles. The van der Waals surface area contributed by atoms with Crippen molar-refractivity contribution in [1.29, 1.82) is 0 Å². The van der Waals surface area contributed by atoms with Gasteiger partial charge in [0.25, 0.3) is 0 Å². The second-order valence-corrected chi connectivity index (χ2v) is 9.91. The highest BCUT2D eigenvalue weighted by Crippen LogP contribution is 2.41. The Labute approximate surface area is 221 Å². The predicted octanol–water partition coefficient (Wildman–Crippen LogP) is 7.29. The fraction of sp³-hybridized carbons (Fsp3) is 0.321. The van der Waals surface area contributed by atoms with E-state index in [1.54, 1.807) is 12.1 Å². The summed E-state index contributed by atoms with van der Waals surface area (Å²) in [5, 5.41) is 1.62. The number of carbonyl (C=O) groups excluding carboxylic acids is 1. The molecule has 7 heteroatoms. The number of carbonyl (C=O) groups is 1. The minimum absolute atomic E-state index is 0.0981. The standard InChI is InChI=1S/C28H28Cl3NO3/c1-2-27(33)32-15-14-28(22-9-11-23(29)12-10-22,35-19-20-6-4-3-5-7-20)26(17-32)34-18-21-8-13-24(30)25(31)16-21/h3-13,16,26H,2,14-15,17-19H2,1H3. The molecule has 1 saturated heterocycles. The summed E-state index contributed by atoms with van der Waals surface area (Å²) in [6, 6.07) is 23.2. The van der Waals surface area contributed by atoms with E-state index in [-0.39, 0.29) is 5.91 Å². The normalized spacial score (nSPS) is 20.1. The maximum absolute atomic E-state index is 12.6. The van der Waals surface area contributed by atoms with Crippen LogP contribution in [0.2, 0.25) is 15.1 Å². The van der Waals surface area contributed by atoms with Crippen LogP contribution >= 0.6 is 34.8 Å². The molecule has 0 bridgehead atoms. The number of hydrogen-bond donors (Lipinski definition) is 0. The first kappa shape index (κ1) is 26.0. The Bertz CT molecular complexity index is 1140. The summed E-state index contributed by atoms with van der Waals surface area (Å²) in [5.41, 5.74) is 2.17. The van der Waals surface area contributed by atoms with Crippen molar-refractivity contribution in [1.82, 2.24) is 4.90 Å². The third kappa shape index (κ3) is 6.19. The summed E-state index contributed by atoms with van der Waals surface area (Å²) in [6.07, 6.45) is 0.628. The number of nitrogens with zero attached hydrogens (tertiary/aromatic N) is 1. The van der Waals surface area contributed by atoms with Crippen LogP contribution < -0.4 is 0 Å². The van der Waals surface area contributed by atoms with Crippen molar-refractivity contribution in [2.45, 2.75) is 44.7 Å². The molecule has 4 rings (SSSR count). The van der Waals surface area contributed by atoms with Gasteiger partial charge in [0, 0.05) is 24.4 Å². The van der Waals surface area contributed by atoms with Crippen molar-refractivity contribution in [2.24, 2.45) is 0 Å². The largest absolute Gasteiger partial charge is 0.368 e. The van der Waals surface area contributed by atoms with Crippen LogP contribution in [0, 0.1) is 0 Å². The van der Waals surface area contributed by atoms with Gasteiger partial charge in [-0.05, 0) is 41.0 Å². The van der Waals surface area contributed by atoms with Crippen molar-refractivity contribution >= 4 is 40.7 Å². The van der Waals surface area contributed by atoms with Crippen LogP contribution in [-0.2, 0) is 33.1 Å². The average Bonchev–Trinajstić information content (AvgIpc) is 2.89. The first-order valence-corrected chi connectivity index (χ1v) is 12.8. The molecule has 1 fully saturated rings. The van der Waals surface area contributed by atoms with Gasteiger partial charge in [-0.25, -0.2) is 0 Å². The molecule has 184 valence electrons. The summed E-state index contributed by atoms with van der Waals surface area (Å²) >= 11 is 18.5. The SMILES string of the molecule is CCC(=O)N1CCC(OCc2ccccc2)(c2ccc(Cl)cc2)C(OCc2ccc(Cl)c(Cl)c2)C1. The lowest BCUT2D eigenvalue weighted by Crippen LogP contribution is -2.57. The highest BCUT2D eigenvalue weighted by Gasteiger charge is 2.47. The second kappa shape index (κ2) is 11.8. The zero-order valence-electron chi connectivity index (χ0n) is 19.6. The van der Waals surface area contributed by atoms with E-state index < -0.39 is 11.7 Å². The number of likely N-dealkylation sites (tertiary alicyclic amines) is 1. The van der Waals surface area contributed by atoms with Crippen LogP contribution in [0.5, 0.6) is 0 Å². The van der Waals surface area contributed by atoms with Crippen molar-refractivity contribution in [3.05, 3.63) is 105 Å². The van der Waals surface area contributed by atoms with Crippen LogP contribution in [0.4, 0.5) is 0 Å².